The van der Waals surface area contributed by atoms with Crippen molar-refractivity contribution < 1.29 is 15.0 Å². The van der Waals surface area contributed by atoms with Crippen molar-refractivity contribution in [2.75, 3.05) is 0 Å². The van der Waals surface area contributed by atoms with Gasteiger partial charge in [-0.25, -0.2) is 0 Å². The molecule has 2 N–H and O–H groups in total. The number of hydrogen-bond acceptors (Lipinski definition) is 2. The summed E-state index contributed by atoms with van der Waals surface area (Å²) in [5, 5.41) is 17.1. The average molecular weight is 131 g/mol. The van der Waals surface area contributed by atoms with Gasteiger partial charge >= 0.3 is 5.97 Å². The van der Waals surface area contributed by atoms with E-state index in [0.29, 0.717) is 6.42 Å². The third kappa shape index (κ3) is 2.46. The SMILES string of the molecule is CC[C](O)C(C)C(=O)O. The summed E-state index contributed by atoms with van der Waals surface area (Å²) in [6.07, 6.45) is 0.440. The molecule has 0 aromatic heterocycles. The summed E-state index contributed by atoms with van der Waals surface area (Å²) in [6, 6.07) is 0. The van der Waals surface area contributed by atoms with Crippen LogP contribution in [0.15, 0.2) is 0 Å². The highest BCUT2D eigenvalue weighted by molar-refractivity contribution is 5.71. The zero-order valence-corrected chi connectivity index (χ0v) is 5.59. The normalized spacial score (nSPS) is 13.8. The van der Waals surface area contributed by atoms with Crippen molar-refractivity contribution >= 4 is 5.97 Å². The number of aliphatic carboxylic acids is 1. The van der Waals surface area contributed by atoms with E-state index in [1.54, 1.807) is 6.92 Å². The smallest absolute Gasteiger partial charge is 0.309 e. The molecule has 0 aliphatic carbocycles. The maximum Gasteiger partial charge on any atom is 0.309 e. The molecular weight excluding hydrogens is 120 g/mol. The fraction of sp³-hybridized carbons (Fsp3) is 0.667. The van der Waals surface area contributed by atoms with Gasteiger partial charge < -0.3 is 10.2 Å². The van der Waals surface area contributed by atoms with Crippen LogP contribution in [-0.2, 0) is 4.79 Å². The van der Waals surface area contributed by atoms with E-state index in [2.05, 4.69) is 0 Å². The van der Waals surface area contributed by atoms with E-state index in [-0.39, 0.29) is 6.10 Å². The Hall–Kier alpha value is -0.570. The number of rotatable bonds is 3. The first kappa shape index (κ1) is 8.43. The third-order valence-electron chi connectivity index (χ3n) is 1.23. The molecule has 53 valence electrons. The lowest BCUT2D eigenvalue weighted by Crippen LogP contribution is -2.17. The molecule has 0 saturated carbocycles. The van der Waals surface area contributed by atoms with Gasteiger partial charge in [0.25, 0.3) is 0 Å². The molecule has 0 saturated heterocycles. The first-order valence-electron chi connectivity index (χ1n) is 2.87. The molecule has 0 aromatic carbocycles. The topological polar surface area (TPSA) is 57.5 Å². The molecule has 9 heavy (non-hydrogen) atoms. The average Bonchev–Trinajstić information content (AvgIpc) is 1.84. The molecule has 3 nitrogen and oxygen atoms in total. The molecular formula is C6H11O3. The van der Waals surface area contributed by atoms with Crippen molar-refractivity contribution in [1.29, 1.82) is 0 Å². The van der Waals surface area contributed by atoms with Crippen LogP contribution in [0.4, 0.5) is 0 Å². The van der Waals surface area contributed by atoms with Crippen molar-refractivity contribution in [3.63, 3.8) is 0 Å². The Kier molecular flexibility index (Phi) is 3.24. The van der Waals surface area contributed by atoms with Crippen molar-refractivity contribution in [2.24, 2.45) is 5.92 Å². The molecule has 0 fully saturated rings. The van der Waals surface area contributed by atoms with Gasteiger partial charge in [0.15, 0.2) is 0 Å². The van der Waals surface area contributed by atoms with Gasteiger partial charge in [-0.2, -0.15) is 0 Å². The molecule has 0 heterocycles. The molecule has 0 amide bonds. The third-order valence-corrected chi connectivity index (χ3v) is 1.23. The van der Waals surface area contributed by atoms with Gasteiger partial charge in [-0.1, -0.05) is 6.92 Å². The molecule has 3 heteroatoms. The van der Waals surface area contributed by atoms with Gasteiger partial charge in [0.1, 0.15) is 6.10 Å². The van der Waals surface area contributed by atoms with Crippen LogP contribution in [0.25, 0.3) is 0 Å². The maximum absolute atomic E-state index is 10.1. The first-order valence-corrected chi connectivity index (χ1v) is 2.87. The summed E-state index contributed by atoms with van der Waals surface area (Å²) in [5.41, 5.74) is 0. The predicted molar refractivity (Wildman–Crippen MR) is 32.3 cm³/mol. The van der Waals surface area contributed by atoms with Crippen LogP contribution in [0.2, 0.25) is 0 Å². The van der Waals surface area contributed by atoms with Crippen molar-refractivity contribution in [3.8, 4) is 0 Å². The van der Waals surface area contributed by atoms with Crippen molar-refractivity contribution in [2.45, 2.75) is 20.3 Å². The fourth-order valence-electron chi connectivity index (χ4n) is 0.449. The zero-order chi connectivity index (χ0) is 7.44. The minimum Gasteiger partial charge on any atom is -0.481 e. The number of carbonyl (C=O) groups is 1. The van der Waals surface area contributed by atoms with Crippen LogP contribution in [-0.4, -0.2) is 16.2 Å². The fourth-order valence-corrected chi connectivity index (χ4v) is 0.449. The van der Waals surface area contributed by atoms with Gasteiger partial charge in [-0.3, -0.25) is 4.79 Å². The predicted octanol–water partition coefficient (Wildman–Crippen LogP) is 1.02. The van der Waals surface area contributed by atoms with Gasteiger partial charge in [0.05, 0.1) is 5.92 Å². The van der Waals surface area contributed by atoms with E-state index in [1.807, 2.05) is 0 Å². The Labute approximate surface area is 54.3 Å². The van der Waals surface area contributed by atoms with Crippen LogP contribution in [0, 0.1) is 12.0 Å². The molecule has 0 spiro atoms. The number of carboxylic acids is 1. The number of carboxylic acid groups (broad SMARTS) is 1. The van der Waals surface area contributed by atoms with Crippen LogP contribution >= 0.6 is 0 Å². The second kappa shape index (κ2) is 3.45. The van der Waals surface area contributed by atoms with E-state index in [9.17, 15) is 4.79 Å². The van der Waals surface area contributed by atoms with E-state index in [0.717, 1.165) is 0 Å². The summed E-state index contributed by atoms with van der Waals surface area (Å²) in [6.45, 7) is 3.18. The minimum atomic E-state index is -0.977. The monoisotopic (exact) mass is 131 g/mol. The Bertz CT molecular complexity index is 100. The molecule has 0 aromatic rings. The molecule has 1 radical (unpaired) electrons. The highest BCUT2D eigenvalue weighted by Crippen LogP contribution is 2.13. The van der Waals surface area contributed by atoms with E-state index >= 15 is 0 Å². The van der Waals surface area contributed by atoms with E-state index in [4.69, 9.17) is 10.2 Å². The van der Waals surface area contributed by atoms with Crippen LogP contribution < -0.4 is 0 Å². The molecule has 0 rings (SSSR count). The summed E-state index contributed by atoms with van der Waals surface area (Å²) >= 11 is 0. The van der Waals surface area contributed by atoms with Crippen LogP contribution in [0.3, 0.4) is 0 Å². The number of aliphatic hydroxyl groups excluding tert-OH is 1. The minimum absolute atomic E-state index is 0.0301. The summed E-state index contributed by atoms with van der Waals surface area (Å²) < 4.78 is 0. The van der Waals surface area contributed by atoms with Crippen molar-refractivity contribution in [3.05, 3.63) is 6.10 Å². The molecule has 0 bridgehead atoms. The lowest BCUT2D eigenvalue weighted by Gasteiger charge is -2.09. The number of aliphatic hydroxyl groups is 1. The standard InChI is InChI=1S/C6H11O3/c1-3-5(7)4(2)6(8)9/h4,7H,3H2,1-2H3,(H,8,9). The molecule has 1 unspecified atom stereocenters. The Morgan fingerprint density at radius 3 is 2.11 bits per heavy atom. The Balaban J connectivity index is 3.72. The van der Waals surface area contributed by atoms with E-state index < -0.39 is 11.9 Å². The Morgan fingerprint density at radius 1 is 1.56 bits per heavy atom. The zero-order valence-electron chi connectivity index (χ0n) is 5.59. The molecule has 0 aliphatic heterocycles. The Morgan fingerprint density at radius 2 is 2.00 bits per heavy atom. The van der Waals surface area contributed by atoms with Crippen molar-refractivity contribution in [1.82, 2.24) is 0 Å². The van der Waals surface area contributed by atoms with Gasteiger partial charge in [0.2, 0.25) is 0 Å². The lowest BCUT2D eigenvalue weighted by atomic mass is 10.0. The second-order valence-corrected chi connectivity index (χ2v) is 1.90. The first-order chi connectivity index (χ1) is 4.09. The second-order valence-electron chi connectivity index (χ2n) is 1.90. The lowest BCUT2D eigenvalue weighted by molar-refractivity contribution is -0.142. The molecule has 1 atom stereocenters. The van der Waals surface area contributed by atoms with Gasteiger partial charge in [-0.15, -0.1) is 0 Å². The van der Waals surface area contributed by atoms with Crippen LogP contribution in [0.5, 0.6) is 0 Å². The number of hydrogen-bond donors (Lipinski definition) is 2. The van der Waals surface area contributed by atoms with E-state index in [1.165, 1.54) is 6.92 Å². The highest BCUT2D eigenvalue weighted by atomic mass is 16.4. The maximum atomic E-state index is 10.1. The van der Waals surface area contributed by atoms with Gasteiger partial charge in [-0.05, 0) is 13.3 Å². The quantitative estimate of drug-likeness (QED) is 0.601. The summed E-state index contributed by atoms with van der Waals surface area (Å²) in [7, 11) is 0. The summed E-state index contributed by atoms with van der Waals surface area (Å²) in [4.78, 5) is 10.1. The summed E-state index contributed by atoms with van der Waals surface area (Å²) in [5.74, 6) is -1.70. The highest BCUT2D eigenvalue weighted by Gasteiger charge is 2.19. The largest absolute Gasteiger partial charge is 0.481 e. The molecule has 0 aliphatic rings. The van der Waals surface area contributed by atoms with Gasteiger partial charge in [0, 0.05) is 0 Å². The van der Waals surface area contributed by atoms with Crippen LogP contribution in [0.1, 0.15) is 20.3 Å².